The molecule has 0 saturated carbocycles. The quantitative estimate of drug-likeness (QED) is 0.212. The van der Waals surface area contributed by atoms with Gasteiger partial charge in [0.2, 0.25) is 0 Å². The van der Waals surface area contributed by atoms with Gasteiger partial charge in [0, 0.05) is 30.6 Å². The van der Waals surface area contributed by atoms with Gasteiger partial charge in [-0.25, -0.2) is 19.2 Å². The molecule has 0 saturated heterocycles. The molecule has 1 unspecified atom stereocenters. The summed E-state index contributed by atoms with van der Waals surface area (Å²) in [5, 5.41) is 11.2. The van der Waals surface area contributed by atoms with Crippen LogP contribution < -0.4 is 0 Å². The van der Waals surface area contributed by atoms with Crippen LogP contribution in [0, 0.1) is 0 Å². The van der Waals surface area contributed by atoms with Crippen LogP contribution in [0.2, 0.25) is 0 Å². The molecule has 2 rings (SSSR count). The molecule has 1 N–H and O–H groups in total. The highest BCUT2D eigenvalue weighted by Crippen LogP contribution is 2.36. The van der Waals surface area contributed by atoms with Crippen LogP contribution in [0.1, 0.15) is 28.8 Å². The average molecular weight is 470 g/mol. The van der Waals surface area contributed by atoms with Gasteiger partial charge < -0.3 is 24.1 Å². The van der Waals surface area contributed by atoms with E-state index in [0.717, 1.165) is 12.2 Å². The summed E-state index contributed by atoms with van der Waals surface area (Å²) in [7, 11) is 0. The summed E-state index contributed by atoms with van der Waals surface area (Å²) in [6, 6.07) is 6.36. The minimum Gasteiger partial charge on any atom is -0.462 e. The van der Waals surface area contributed by atoms with E-state index in [9.17, 15) is 24.3 Å². The number of esters is 4. The van der Waals surface area contributed by atoms with Crippen molar-refractivity contribution in [1.29, 1.82) is 0 Å². The molecule has 0 radical (unpaired) electrons. The Kier molecular flexibility index (Phi) is 9.97. The Morgan fingerprint density at radius 2 is 1.53 bits per heavy atom. The van der Waals surface area contributed by atoms with E-state index in [1.54, 1.807) is 30.4 Å². The Labute approximate surface area is 196 Å². The lowest BCUT2D eigenvalue weighted by Gasteiger charge is -2.30. The Hall–Kier alpha value is -3.98. The minimum atomic E-state index is -2.06. The summed E-state index contributed by atoms with van der Waals surface area (Å²) < 4.78 is 20.0. The number of rotatable bonds is 12. The van der Waals surface area contributed by atoms with Crippen LogP contribution in [-0.2, 0) is 33.3 Å². The molecular formula is C25H26O9. The van der Waals surface area contributed by atoms with Crippen molar-refractivity contribution in [2.45, 2.75) is 18.4 Å². The van der Waals surface area contributed by atoms with Gasteiger partial charge in [0.1, 0.15) is 13.2 Å². The summed E-state index contributed by atoms with van der Waals surface area (Å²) >= 11 is 0. The lowest BCUT2D eigenvalue weighted by atomic mass is 9.81. The van der Waals surface area contributed by atoms with E-state index in [0.29, 0.717) is 5.56 Å². The first-order valence-corrected chi connectivity index (χ1v) is 10.4. The highest BCUT2D eigenvalue weighted by molar-refractivity contribution is 6.03. The lowest BCUT2D eigenvalue weighted by molar-refractivity contribution is -0.162. The third-order valence-electron chi connectivity index (χ3n) is 4.69. The summed E-state index contributed by atoms with van der Waals surface area (Å²) in [6.07, 6.45) is 6.98. The zero-order valence-corrected chi connectivity index (χ0v) is 18.6. The van der Waals surface area contributed by atoms with E-state index in [4.69, 9.17) is 18.9 Å². The van der Waals surface area contributed by atoms with Crippen molar-refractivity contribution in [3.05, 3.63) is 78.9 Å². The van der Waals surface area contributed by atoms with Crippen LogP contribution in [0.4, 0.5) is 0 Å². The molecule has 0 fully saturated rings. The van der Waals surface area contributed by atoms with Crippen LogP contribution in [0.5, 0.6) is 0 Å². The number of ether oxygens (including phenoxy) is 4. The molecule has 0 spiro atoms. The molecule has 180 valence electrons. The lowest BCUT2D eigenvalue weighted by Crippen LogP contribution is -2.42. The largest absolute Gasteiger partial charge is 0.462 e. The number of benzene rings is 1. The smallest absolute Gasteiger partial charge is 0.343 e. The van der Waals surface area contributed by atoms with Crippen LogP contribution in [0.3, 0.4) is 0 Å². The summed E-state index contributed by atoms with van der Waals surface area (Å²) in [5.41, 5.74) is -1.46. The van der Waals surface area contributed by atoms with Gasteiger partial charge in [-0.1, -0.05) is 49.6 Å². The standard InChI is InChI=1S/C25H26O9/c1-3-21(26)31-14-9-15-33-23(28)19-11-6-5-10-18(19)20-12-7-8-13-25(20,30)24(29)34-17-16-32-22(27)4-2/h3-8,10-12,30H,1-2,9,13-17H2. The number of hydrogen-bond acceptors (Lipinski definition) is 9. The van der Waals surface area contributed by atoms with Gasteiger partial charge in [-0.2, -0.15) is 0 Å². The molecule has 0 aliphatic heterocycles. The number of aliphatic hydroxyl groups is 1. The Morgan fingerprint density at radius 1 is 0.912 bits per heavy atom. The first kappa shape index (κ1) is 26.3. The second-order valence-electron chi connectivity index (χ2n) is 6.99. The molecule has 0 aromatic heterocycles. The van der Waals surface area contributed by atoms with E-state index in [2.05, 4.69) is 13.2 Å². The fourth-order valence-corrected chi connectivity index (χ4v) is 3.04. The van der Waals surface area contributed by atoms with Gasteiger partial charge in [-0.15, -0.1) is 0 Å². The van der Waals surface area contributed by atoms with Crippen LogP contribution >= 0.6 is 0 Å². The summed E-state index contributed by atoms with van der Waals surface area (Å²) in [5.74, 6) is -2.86. The second-order valence-corrected chi connectivity index (χ2v) is 6.99. The van der Waals surface area contributed by atoms with Crippen LogP contribution in [0.15, 0.2) is 67.8 Å². The normalized spacial score (nSPS) is 16.6. The summed E-state index contributed by atoms with van der Waals surface area (Å²) in [4.78, 5) is 47.6. The van der Waals surface area contributed by atoms with Gasteiger partial charge in [-0.05, 0) is 11.6 Å². The maximum absolute atomic E-state index is 12.8. The van der Waals surface area contributed by atoms with Crippen LogP contribution in [-0.4, -0.2) is 61.0 Å². The fraction of sp³-hybridized carbons (Fsp3) is 0.280. The first-order valence-electron chi connectivity index (χ1n) is 10.4. The molecule has 1 aromatic rings. The summed E-state index contributed by atoms with van der Waals surface area (Å²) in [6.45, 7) is 6.14. The van der Waals surface area contributed by atoms with E-state index in [1.807, 2.05) is 0 Å². The highest BCUT2D eigenvalue weighted by Gasteiger charge is 2.43. The van der Waals surface area contributed by atoms with Crippen molar-refractivity contribution >= 4 is 29.5 Å². The molecule has 0 amide bonds. The molecule has 1 aliphatic carbocycles. The second kappa shape index (κ2) is 12.9. The average Bonchev–Trinajstić information content (AvgIpc) is 2.86. The van der Waals surface area contributed by atoms with Crippen LogP contribution in [0.25, 0.3) is 5.57 Å². The maximum Gasteiger partial charge on any atom is 0.343 e. The van der Waals surface area contributed by atoms with Crippen molar-refractivity contribution < 1.29 is 43.2 Å². The molecule has 1 atom stereocenters. The number of carbonyl (C=O) groups is 4. The Bertz CT molecular complexity index is 1010. The Morgan fingerprint density at radius 3 is 2.24 bits per heavy atom. The van der Waals surface area contributed by atoms with E-state index >= 15 is 0 Å². The van der Waals surface area contributed by atoms with Crippen molar-refractivity contribution in [3.63, 3.8) is 0 Å². The van der Waals surface area contributed by atoms with Crippen molar-refractivity contribution in [2.75, 3.05) is 26.4 Å². The van der Waals surface area contributed by atoms with Gasteiger partial charge in [-0.3, -0.25) is 0 Å². The SMILES string of the molecule is C=CC(=O)OCCCOC(=O)c1ccccc1C1=CC=CCC1(O)C(=O)OCCOC(=O)C=C. The van der Waals surface area contributed by atoms with Crippen molar-refractivity contribution in [2.24, 2.45) is 0 Å². The van der Waals surface area contributed by atoms with Crippen molar-refractivity contribution in [3.8, 4) is 0 Å². The highest BCUT2D eigenvalue weighted by atomic mass is 16.6. The van der Waals surface area contributed by atoms with E-state index in [1.165, 1.54) is 12.1 Å². The first-order chi connectivity index (χ1) is 16.3. The van der Waals surface area contributed by atoms with Gasteiger partial charge in [0.05, 0.1) is 18.8 Å². The molecular weight excluding hydrogens is 444 g/mol. The maximum atomic E-state index is 12.8. The zero-order valence-electron chi connectivity index (χ0n) is 18.6. The predicted octanol–water partition coefficient (Wildman–Crippen LogP) is 2.31. The van der Waals surface area contributed by atoms with E-state index in [-0.39, 0.29) is 50.4 Å². The molecule has 0 bridgehead atoms. The topological polar surface area (TPSA) is 125 Å². The molecule has 0 heterocycles. The molecule has 1 aromatic carbocycles. The monoisotopic (exact) mass is 470 g/mol. The number of hydrogen-bond donors (Lipinski definition) is 1. The third-order valence-corrected chi connectivity index (χ3v) is 4.69. The molecule has 9 heteroatoms. The van der Waals surface area contributed by atoms with E-state index < -0.39 is 29.5 Å². The Balaban J connectivity index is 2.10. The molecule has 1 aliphatic rings. The van der Waals surface area contributed by atoms with Gasteiger partial charge in [0.15, 0.2) is 5.60 Å². The molecule has 9 nitrogen and oxygen atoms in total. The fourth-order valence-electron chi connectivity index (χ4n) is 3.04. The minimum absolute atomic E-state index is 0.00766. The number of carbonyl (C=O) groups excluding carboxylic acids is 4. The number of allylic oxidation sites excluding steroid dienone is 2. The van der Waals surface area contributed by atoms with Gasteiger partial charge in [0.25, 0.3) is 0 Å². The van der Waals surface area contributed by atoms with Crippen molar-refractivity contribution in [1.82, 2.24) is 0 Å². The third kappa shape index (κ3) is 7.01. The predicted molar refractivity (Wildman–Crippen MR) is 121 cm³/mol. The molecule has 34 heavy (non-hydrogen) atoms. The van der Waals surface area contributed by atoms with Gasteiger partial charge >= 0.3 is 23.9 Å². The zero-order chi connectivity index (χ0) is 25.0.